The normalized spacial score (nSPS) is 12.5. The summed E-state index contributed by atoms with van der Waals surface area (Å²) >= 11 is 0. The molecule has 2 aromatic carbocycles. The minimum Gasteiger partial charge on any atom is -0.459 e. The summed E-state index contributed by atoms with van der Waals surface area (Å²) in [6.45, 7) is 5.35. The van der Waals surface area contributed by atoms with Gasteiger partial charge < -0.3 is 20.1 Å². The molecule has 0 saturated heterocycles. The molecular formula is C23H28N2O5. The van der Waals surface area contributed by atoms with Gasteiger partial charge in [0.15, 0.2) is 0 Å². The van der Waals surface area contributed by atoms with E-state index in [4.69, 9.17) is 9.47 Å². The third-order valence-corrected chi connectivity index (χ3v) is 4.38. The van der Waals surface area contributed by atoms with Crippen molar-refractivity contribution in [3.05, 3.63) is 71.8 Å². The molecule has 2 N–H and O–H groups in total. The number of esters is 1. The zero-order valence-corrected chi connectivity index (χ0v) is 17.5. The first kappa shape index (κ1) is 22.9. The number of alkyl carbamates (subject to hydrolysis) is 1. The van der Waals surface area contributed by atoms with E-state index in [1.807, 2.05) is 60.7 Å². The van der Waals surface area contributed by atoms with Gasteiger partial charge in [0.05, 0.1) is 0 Å². The number of nitrogens with one attached hydrogen (secondary N) is 2. The number of rotatable bonds is 9. The van der Waals surface area contributed by atoms with Gasteiger partial charge in [-0.2, -0.15) is 0 Å². The van der Waals surface area contributed by atoms with Crippen LogP contribution in [0.1, 0.15) is 31.9 Å². The number of carbonyl (C=O) groups excluding carboxylic acids is 3. The molecule has 160 valence electrons. The van der Waals surface area contributed by atoms with Gasteiger partial charge >= 0.3 is 12.1 Å². The Balaban J connectivity index is 1.82. The molecule has 7 heteroatoms. The molecule has 0 spiro atoms. The van der Waals surface area contributed by atoms with E-state index in [9.17, 15) is 14.4 Å². The van der Waals surface area contributed by atoms with Crippen LogP contribution in [0, 0.1) is 5.92 Å². The van der Waals surface area contributed by atoms with Crippen molar-refractivity contribution in [3.8, 4) is 0 Å². The fourth-order valence-corrected chi connectivity index (χ4v) is 2.60. The van der Waals surface area contributed by atoms with Crippen LogP contribution in [-0.4, -0.2) is 30.1 Å². The van der Waals surface area contributed by atoms with E-state index in [0.717, 1.165) is 11.1 Å². The van der Waals surface area contributed by atoms with Crippen molar-refractivity contribution in [1.82, 2.24) is 10.6 Å². The highest BCUT2D eigenvalue weighted by Gasteiger charge is 2.28. The second-order valence-corrected chi connectivity index (χ2v) is 7.25. The molecule has 2 atom stereocenters. The third kappa shape index (κ3) is 7.58. The molecule has 0 bridgehead atoms. The highest BCUT2D eigenvalue weighted by molar-refractivity contribution is 5.89. The fraction of sp³-hybridized carbons (Fsp3) is 0.348. The van der Waals surface area contributed by atoms with E-state index >= 15 is 0 Å². The molecule has 0 fully saturated rings. The summed E-state index contributed by atoms with van der Waals surface area (Å²) in [4.78, 5) is 36.8. The average molecular weight is 412 g/mol. The van der Waals surface area contributed by atoms with Crippen molar-refractivity contribution < 1.29 is 23.9 Å². The van der Waals surface area contributed by atoms with Gasteiger partial charge in [-0.05, 0) is 24.0 Å². The summed E-state index contributed by atoms with van der Waals surface area (Å²) in [5, 5.41) is 5.11. The van der Waals surface area contributed by atoms with E-state index in [-0.39, 0.29) is 19.1 Å². The van der Waals surface area contributed by atoms with Gasteiger partial charge in [-0.15, -0.1) is 0 Å². The molecule has 0 aromatic heterocycles. The number of ether oxygens (including phenoxy) is 2. The van der Waals surface area contributed by atoms with Crippen LogP contribution < -0.4 is 10.6 Å². The molecule has 2 aromatic rings. The van der Waals surface area contributed by atoms with E-state index < -0.39 is 30.1 Å². The van der Waals surface area contributed by atoms with Crippen LogP contribution in [-0.2, 0) is 32.3 Å². The summed E-state index contributed by atoms with van der Waals surface area (Å²) in [5.41, 5.74) is 1.70. The van der Waals surface area contributed by atoms with Crippen LogP contribution in [0.2, 0.25) is 0 Å². The topological polar surface area (TPSA) is 93.7 Å². The molecular weight excluding hydrogens is 384 g/mol. The predicted octanol–water partition coefficient (Wildman–Crippen LogP) is 3.19. The van der Waals surface area contributed by atoms with Crippen LogP contribution in [0.15, 0.2) is 60.7 Å². The Bertz CT molecular complexity index is 824. The highest BCUT2D eigenvalue weighted by Crippen LogP contribution is 2.08. The lowest BCUT2D eigenvalue weighted by Gasteiger charge is -2.23. The molecule has 0 radical (unpaired) electrons. The first-order chi connectivity index (χ1) is 14.4. The molecule has 7 nitrogen and oxygen atoms in total. The number of hydrogen-bond acceptors (Lipinski definition) is 5. The Morgan fingerprint density at radius 1 is 0.767 bits per heavy atom. The largest absolute Gasteiger partial charge is 0.459 e. The number of hydrogen-bond donors (Lipinski definition) is 2. The number of amides is 2. The van der Waals surface area contributed by atoms with E-state index in [1.54, 1.807) is 13.8 Å². The van der Waals surface area contributed by atoms with Crippen LogP contribution in [0.5, 0.6) is 0 Å². The molecule has 2 amide bonds. The van der Waals surface area contributed by atoms with E-state index in [0.29, 0.717) is 0 Å². The van der Waals surface area contributed by atoms with Crippen molar-refractivity contribution in [3.63, 3.8) is 0 Å². The molecule has 0 aliphatic rings. The molecule has 0 saturated carbocycles. The maximum atomic E-state index is 12.5. The summed E-state index contributed by atoms with van der Waals surface area (Å²) in [6, 6.07) is 16.8. The Morgan fingerprint density at radius 2 is 1.27 bits per heavy atom. The van der Waals surface area contributed by atoms with Gasteiger partial charge in [0.2, 0.25) is 5.91 Å². The predicted molar refractivity (Wildman–Crippen MR) is 112 cm³/mol. The molecule has 0 heterocycles. The quantitative estimate of drug-likeness (QED) is 0.617. The first-order valence-electron chi connectivity index (χ1n) is 9.85. The molecule has 2 rings (SSSR count). The standard InChI is InChI=1S/C23H28N2O5/c1-16(2)20(22(27)29-14-18-10-6-4-7-11-18)25-21(26)17(3)24-23(28)30-15-19-12-8-5-9-13-19/h4-13,16-17,20H,14-15H2,1-3H3,(H,24,28)(H,25,26)/t17-,20-/m1/s1. The summed E-state index contributed by atoms with van der Waals surface area (Å²) in [6.07, 6.45) is -0.714. The lowest BCUT2D eigenvalue weighted by atomic mass is 10.0. The third-order valence-electron chi connectivity index (χ3n) is 4.38. The molecule has 0 unspecified atom stereocenters. The average Bonchev–Trinajstić information content (AvgIpc) is 2.75. The number of benzene rings is 2. The smallest absolute Gasteiger partial charge is 0.408 e. The van der Waals surface area contributed by atoms with Gasteiger partial charge in [0.1, 0.15) is 25.3 Å². The SMILES string of the molecule is CC(C)[C@@H](NC(=O)[C@@H](C)NC(=O)OCc1ccccc1)C(=O)OCc1ccccc1. The second kappa shape index (κ2) is 11.6. The maximum Gasteiger partial charge on any atom is 0.408 e. The minimum absolute atomic E-state index is 0.0987. The van der Waals surface area contributed by atoms with Crippen LogP contribution in [0.25, 0.3) is 0 Å². The van der Waals surface area contributed by atoms with Gasteiger partial charge in [0, 0.05) is 0 Å². The van der Waals surface area contributed by atoms with Crippen LogP contribution in [0.4, 0.5) is 4.79 Å². The van der Waals surface area contributed by atoms with Crippen LogP contribution in [0.3, 0.4) is 0 Å². The molecule has 0 aliphatic heterocycles. The zero-order chi connectivity index (χ0) is 21.9. The zero-order valence-electron chi connectivity index (χ0n) is 17.5. The lowest BCUT2D eigenvalue weighted by molar-refractivity contribution is -0.150. The number of carbonyl (C=O) groups is 3. The minimum atomic E-state index is -0.878. The highest BCUT2D eigenvalue weighted by atomic mass is 16.5. The summed E-state index contributed by atoms with van der Waals surface area (Å²) in [7, 11) is 0. The molecule has 30 heavy (non-hydrogen) atoms. The van der Waals surface area contributed by atoms with Crippen molar-refractivity contribution in [2.45, 2.75) is 46.1 Å². The second-order valence-electron chi connectivity index (χ2n) is 7.25. The monoisotopic (exact) mass is 412 g/mol. The molecule has 0 aliphatic carbocycles. The van der Waals surface area contributed by atoms with Crippen LogP contribution >= 0.6 is 0 Å². The van der Waals surface area contributed by atoms with E-state index in [2.05, 4.69) is 10.6 Å². The Hall–Kier alpha value is -3.35. The van der Waals surface area contributed by atoms with E-state index in [1.165, 1.54) is 6.92 Å². The van der Waals surface area contributed by atoms with Crippen molar-refractivity contribution in [2.75, 3.05) is 0 Å². The van der Waals surface area contributed by atoms with Crippen molar-refractivity contribution in [1.29, 1.82) is 0 Å². The Kier molecular flexibility index (Phi) is 8.87. The first-order valence-corrected chi connectivity index (χ1v) is 9.85. The Morgan fingerprint density at radius 3 is 1.77 bits per heavy atom. The van der Waals surface area contributed by atoms with Gasteiger partial charge in [-0.3, -0.25) is 4.79 Å². The summed E-state index contributed by atoms with van der Waals surface area (Å²) < 4.78 is 10.4. The van der Waals surface area contributed by atoms with Gasteiger partial charge in [0.25, 0.3) is 0 Å². The Labute approximate surface area is 176 Å². The van der Waals surface area contributed by atoms with Gasteiger partial charge in [-0.1, -0.05) is 74.5 Å². The lowest BCUT2D eigenvalue weighted by Crippen LogP contribution is -2.52. The maximum absolute atomic E-state index is 12.5. The van der Waals surface area contributed by atoms with Gasteiger partial charge in [-0.25, -0.2) is 9.59 Å². The summed E-state index contributed by atoms with van der Waals surface area (Å²) in [5.74, 6) is -1.21. The van der Waals surface area contributed by atoms with Crippen molar-refractivity contribution in [2.24, 2.45) is 5.92 Å². The van der Waals surface area contributed by atoms with Crippen molar-refractivity contribution >= 4 is 18.0 Å². The fourth-order valence-electron chi connectivity index (χ4n) is 2.60.